The summed E-state index contributed by atoms with van der Waals surface area (Å²) in [6.07, 6.45) is 1.45. The van der Waals surface area contributed by atoms with E-state index < -0.39 is 0 Å². The Labute approximate surface area is 102 Å². The van der Waals surface area contributed by atoms with Gasteiger partial charge in [-0.05, 0) is 36.4 Å². The van der Waals surface area contributed by atoms with E-state index in [1.165, 1.54) is 30.5 Å². The maximum atomic E-state index is 12.7. The number of amides is 1. The van der Waals surface area contributed by atoms with Crippen LogP contribution in [-0.4, -0.2) is 10.9 Å². The molecule has 3 nitrogen and oxygen atoms in total. The highest BCUT2D eigenvalue weighted by molar-refractivity contribution is 6.29. The smallest absolute Gasteiger partial charge is 0.255 e. The fourth-order valence-corrected chi connectivity index (χ4v) is 1.37. The van der Waals surface area contributed by atoms with Crippen molar-refractivity contribution >= 4 is 23.2 Å². The minimum Gasteiger partial charge on any atom is -0.321 e. The van der Waals surface area contributed by atoms with Crippen LogP contribution in [0.2, 0.25) is 5.15 Å². The van der Waals surface area contributed by atoms with Crippen molar-refractivity contribution in [3.63, 3.8) is 0 Å². The van der Waals surface area contributed by atoms with Crippen molar-refractivity contribution in [3.05, 3.63) is 59.1 Å². The van der Waals surface area contributed by atoms with Crippen molar-refractivity contribution in [2.45, 2.75) is 0 Å². The molecule has 0 aliphatic heterocycles. The first kappa shape index (κ1) is 11.5. The largest absolute Gasteiger partial charge is 0.321 e. The molecule has 5 heteroatoms. The predicted octanol–water partition coefficient (Wildman–Crippen LogP) is 3.13. The van der Waals surface area contributed by atoms with Gasteiger partial charge in [0.15, 0.2) is 0 Å². The Morgan fingerprint density at radius 3 is 2.47 bits per heavy atom. The second kappa shape index (κ2) is 4.93. The summed E-state index contributed by atoms with van der Waals surface area (Å²) in [5.41, 5.74) is 0.907. The van der Waals surface area contributed by atoms with Crippen LogP contribution in [-0.2, 0) is 0 Å². The van der Waals surface area contributed by atoms with E-state index in [9.17, 15) is 9.18 Å². The molecule has 0 bridgehead atoms. The average Bonchev–Trinajstić information content (AvgIpc) is 2.33. The molecule has 0 spiro atoms. The van der Waals surface area contributed by atoms with Gasteiger partial charge in [0.05, 0.1) is 11.9 Å². The van der Waals surface area contributed by atoms with Gasteiger partial charge in [0.1, 0.15) is 11.0 Å². The number of carbonyl (C=O) groups excluding carboxylic acids is 1. The zero-order valence-corrected chi connectivity index (χ0v) is 9.41. The summed E-state index contributed by atoms with van der Waals surface area (Å²) in [7, 11) is 0. The molecule has 1 heterocycles. The van der Waals surface area contributed by atoms with Crippen LogP contribution in [0.4, 0.5) is 10.1 Å². The number of hydrogen-bond acceptors (Lipinski definition) is 2. The first-order valence-corrected chi connectivity index (χ1v) is 5.21. The van der Waals surface area contributed by atoms with Gasteiger partial charge in [-0.2, -0.15) is 0 Å². The maximum Gasteiger partial charge on any atom is 0.255 e. The van der Waals surface area contributed by atoms with Crippen LogP contribution < -0.4 is 5.32 Å². The highest BCUT2D eigenvalue weighted by Crippen LogP contribution is 2.11. The first-order valence-electron chi connectivity index (χ1n) is 4.83. The SMILES string of the molecule is O=C(Nc1ccc(Cl)nc1)c1ccc(F)cc1. The van der Waals surface area contributed by atoms with Crippen LogP contribution >= 0.6 is 11.6 Å². The van der Waals surface area contributed by atoms with E-state index >= 15 is 0 Å². The molecular weight excluding hydrogens is 243 g/mol. The van der Waals surface area contributed by atoms with Gasteiger partial charge in [0, 0.05) is 5.56 Å². The van der Waals surface area contributed by atoms with Crippen molar-refractivity contribution in [3.8, 4) is 0 Å². The third-order valence-electron chi connectivity index (χ3n) is 2.09. The maximum absolute atomic E-state index is 12.7. The molecule has 0 saturated heterocycles. The van der Waals surface area contributed by atoms with Crippen LogP contribution in [0.5, 0.6) is 0 Å². The number of hydrogen-bond donors (Lipinski definition) is 1. The number of pyridine rings is 1. The monoisotopic (exact) mass is 250 g/mol. The number of nitrogens with one attached hydrogen (secondary N) is 1. The number of rotatable bonds is 2. The molecule has 2 aromatic rings. The molecule has 0 atom stereocenters. The molecule has 1 amide bonds. The molecule has 2 rings (SSSR count). The number of anilines is 1. The van der Waals surface area contributed by atoms with Crippen LogP contribution in [0, 0.1) is 5.82 Å². The predicted molar refractivity (Wildman–Crippen MR) is 63.6 cm³/mol. The molecule has 1 N–H and O–H groups in total. The van der Waals surface area contributed by atoms with Gasteiger partial charge in [-0.25, -0.2) is 9.37 Å². The zero-order valence-electron chi connectivity index (χ0n) is 8.65. The van der Waals surface area contributed by atoms with Gasteiger partial charge in [0.25, 0.3) is 5.91 Å². The van der Waals surface area contributed by atoms with Gasteiger partial charge >= 0.3 is 0 Å². The second-order valence-electron chi connectivity index (χ2n) is 3.33. The molecule has 0 aliphatic rings. The minimum atomic E-state index is -0.380. The molecule has 0 unspecified atom stereocenters. The molecule has 1 aromatic heterocycles. The Morgan fingerprint density at radius 2 is 1.88 bits per heavy atom. The summed E-state index contributed by atoms with van der Waals surface area (Å²) >= 11 is 5.62. The molecule has 0 aliphatic carbocycles. The van der Waals surface area contributed by atoms with E-state index in [-0.39, 0.29) is 11.7 Å². The van der Waals surface area contributed by atoms with Crippen LogP contribution in [0.25, 0.3) is 0 Å². The Bertz CT molecular complexity index is 525. The molecule has 86 valence electrons. The molecule has 0 radical (unpaired) electrons. The standard InChI is InChI=1S/C12H8ClFN2O/c13-11-6-5-10(7-15-11)16-12(17)8-1-3-9(14)4-2-8/h1-7H,(H,16,17). The summed E-state index contributed by atoms with van der Waals surface area (Å²) in [6, 6.07) is 8.49. The molecule has 0 fully saturated rings. The van der Waals surface area contributed by atoms with Crippen LogP contribution in [0.15, 0.2) is 42.6 Å². The lowest BCUT2D eigenvalue weighted by Gasteiger charge is -2.04. The lowest BCUT2D eigenvalue weighted by Crippen LogP contribution is -2.11. The number of aromatic nitrogens is 1. The van der Waals surface area contributed by atoms with Crippen LogP contribution in [0.1, 0.15) is 10.4 Å². The normalized spacial score (nSPS) is 10.0. The molecule has 0 saturated carbocycles. The number of halogens is 2. The third-order valence-corrected chi connectivity index (χ3v) is 2.32. The third kappa shape index (κ3) is 3.01. The van der Waals surface area contributed by atoms with Crippen molar-refractivity contribution in [1.29, 1.82) is 0 Å². The lowest BCUT2D eigenvalue weighted by atomic mass is 10.2. The van der Waals surface area contributed by atoms with E-state index in [1.807, 2.05) is 0 Å². The Balaban J connectivity index is 2.11. The van der Waals surface area contributed by atoms with Crippen molar-refractivity contribution < 1.29 is 9.18 Å². The zero-order chi connectivity index (χ0) is 12.3. The molecular formula is C12H8ClFN2O. The summed E-state index contributed by atoms with van der Waals surface area (Å²) in [5, 5.41) is 2.97. The van der Waals surface area contributed by atoms with Gasteiger partial charge in [-0.15, -0.1) is 0 Å². The van der Waals surface area contributed by atoms with Gasteiger partial charge in [-0.3, -0.25) is 4.79 Å². The van der Waals surface area contributed by atoms with Gasteiger partial charge < -0.3 is 5.32 Å². The van der Waals surface area contributed by atoms with Crippen LogP contribution in [0.3, 0.4) is 0 Å². The molecule has 1 aromatic carbocycles. The van der Waals surface area contributed by atoms with Crippen molar-refractivity contribution in [1.82, 2.24) is 4.98 Å². The lowest BCUT2D eigenvalue weighted by molar-refractivity contribution is 0.102. The summed E-state index contributed by atoms with van der Waals surface area (Å²) in [4.78, 5) is 15.5. The fraction of sp³-hybridized carbons (Fsp3) is 0. The Morgan fingerprint density at radius 1 is 1.18 bits per heavy atom. The van der Waals surface area contributed by atoms with Gasteiger partial charge in [-0.1, -0.05) is 11.6 Å². The Hall–Kier alpha value is -1.94. The average molecular weight is 251 g/mol. The van der Waals surface area contributed by atoms with E-state index in [1.54, 1.807) is 12.1 Å². The minimum absolute atomic E-state index is 0.325. The molecule has 17 heavy (non-hydrogen) atoms. The first-order chi connectivity index (χ1) is 8.15. The quantitative estimate of drug-likeness (QED) is 0.832. The number of nitrogens with zero attached hydrogens (tertiary/aromatic N) is 1. The van der Waals surface area contributed by atoms with E-state index in [2.05, 4.69) is 10.3 Å². The van der Waals surface area contributed by atoms with Crippen molar-refractivity contribution in [2.24, 2.45) is 0 Å². The van der Waals surface area contributed by atoms with Gasteiger partial charge in [0.2, 0.25) is 0 Å². The number of benzene rings is 1. The van der Waals surface area contributed by atoms with Crippen molar-refractivity contribution in [2.75, 3.05) is 5.32 Å². The second-order valence-corrected chi connectivity index (χ2v) is 3.72. The summed E-state index contributed by atoms with van der Waals surface area (Å²) in [6.45, 7) is 0. The van der Waals surface area contributed by atoms with E-state index in [0.29, 0.717) is 16.4 Å². The highest BCUT2D eigenvalue weighted by atomic mass is 35.5. The fourth-order valence-electron chi connectivity index (χ4n) is 1.25. The summed E-state index contributed by atoms with van der Waals surface area (Å²) in [5.74, 6) is -0.705. The van der Waals surface area contributed by atoms with E-state index in [0.717, 1.165) is 0 Å². The highest BCUT2D eigenvalue weighted by Gasteiger charge is 2.05. The number of carbonyl (C=O) groups is 1. The summed E-state index contributed by atoms with van der Waals surface area (Å²) < 4.78 is 12.7. The van der Waals surface area contributed by atoms with E-state index in [4.69, 9.17) is 11.6 Å². The Kier molecular flexibility index (Phi) is 3.35. The topological polar surface area (TPSA) is 42.0 Å².